The van der Waals surface area contributed by atoms with Crippen molar-refractivity contribution < 1.29 is 32.9 Å². The number of carbonyl (C=O) groups is 3. The lowest BCUT2D eigenvalue weighted by Gasteiger charge is -2.23. The van der Waals surface area contributed by atoms with Crippen LogP contribution in [0.25, 0.3) is 101 Å². The summed E-state index contributed by atoms with van der Waals surface area (Å²) < 4.78 is 25.7. The van der Waals surface area contributed by atoms with E-state index in [1.165, 1.54) is 5.56 Å². The van der Waals surface area contributed by atoms with E-state index in [-0.39, 0.29) is 58.3 Å². The minimum atomic E-state index is -0.549. The first-order valence-electron chi connectivity index (χ1n) is 35.5. The summed E-state index contributed by atoms with van der Waals surface area (Å²) in [5, 5.41) is 23.2. The number of aryl methyl sites for hydroxylation is 3. The van der Waals surface area contributed by atoms with Crippen molar-refractivity contribution >= 4 is 51.3 Å². The first-order chi connectivity index (χ1) is 51.0. The van der Waals surface area contributed by atoms with Crippen LogP contribution in [0.5, 0.6) is 0 Å². The molecule has 3 aromatic carbocycles. The van der Waals surface area contributed by atoms with Crippen LogP contribution in [0, 0.1) is 0 Å². The molecule has 11 aromatic heterocycles. The Hall–Kier alpha value is -12.2. The number of hydrogen-bond donors (Lipinski definition) is 5. The number of benzene rings is 3. The number of carbonyl (C=O) groups excluding carboxylic acids is 3. The molecule has 3 saturated carbocycles. The molecular weight excluding hydrogens is 1370 g/mol. The second-order valence-corrected chi connectivity index (χ2v) is 30.7. The lowest BCUT2D eigenvalue weighted by molar-refractivity contribution is 0.0489. The van der Waals surface area contributed by atoms with Crippen LogP contribution in [0.4, 0.5) is 4.79 Å². The number of rotatable bonds is 15. The highest BCUT2D eigenvalue weighted by atomic mass is 16.6. The number of aromatic nitrogens is 19. The summed E-state index contributed by atoms with van der Waals surface area (Å²) in [6.45, 7) is 19.4. The third-order valence-electron chi connectivity index (χ3n) is 18.9. The first-order valence-corrected chi connectivity index (χ1v) is 35.5. The highest BCUT2D eigenvalue weighted by Gasteiger charge is 2.48. The highest BCUT2D eigenvalue weighted by Crippen LogP contribution is 2.52. The van der Waals surface area contributed by atoms with E-state index in [2.05, 4.69) is 159 Å². The van der Waals surface area contributed by atoms with Gasteiger partial charge in [-0.1, -0.05) is 127 Å². The number of amides is 1. The van der Waals surface area contributed by atoms with E-state index < -0.39 is 11.6 Å². The van der Waals surface area contributed by atoms with Crippen molar-refractivity contribution in [2.24, 2.45) is 26.9 Å². The van der Waals surface area contributed by atoms with Crippen LogP contribution in [-0.2, 0) is 57.9 Å². The van der Waals surface area contributed by atoms with Crippen molar-refractivity contribution in [2.45, 2.75) is 155 Å². The Labute approximate surface area is 623 Å². The highest BCUT2D eigenvalue weighted by molar-refractivity contribution is 5.95. The number of hydrogen-bond acceptors (Lipinski definition) is 21. The Bertz CT molecular complexity index is 5560. The predicted molar refractivity (Wildman–Crippen MR) is 409 cm³/mol. The van der Waals surface area contributed by atoms with Crippen LogP contribution in [-0.4, -0.2) is 125 Å². The Morgan fingerprint density at radius 1 is 0.509 bits per heavy atom. The number of alkyl carbamates (subject to hydrolysis) is 1. The Morgan fingerprint density at radius 2 is 0.898 bits per heavy atom. The van der Waals surface area contributed by atoms with E-state index in [9.17, 15) is 14.4 Å². The number of esters is 1. The van der Waals surface area contributed by atoms with Gasteiger partial charge in [-0.3, -0.25) is 18.8 Å². The number of nitrogens with zero attached hydrogens (tertiary/aromatic N) is 16. The molecule has 3 aliphatic rings. The zero-order chi connectivity index (χ0) is 75.4. The molecular formula is C80H89N21O7. The zero-order valence-electron chi connectivity index (χ0n) is 62.1. The Balaban J connectivity index is 0.000000132. The van der Waals surface area contributed by atoms with Crippen LogP contribution >= 0.6 is 0 Å². The Kier molecular flexibility index (Phi) is 19.8. The molecule has 0 aliphatic heterocycles. The van der Waals surface area contributed by atoms with E-state index >= 15 is 0 Å². The molecule has 0 spiro atoms. The van der Waals surface area contributed by atoms with Gasteiger partial charge in [-0.05, 0) is 123 Å². The van der Waals surface area contributed by atoms with Gasteiger partial charge >= 0.3 is 12.1 Å². The van der Waals surface area contributed by atoms with Gasteiger partial charge in [0, 0.05) is 103 Å². The van der Waals surface area contributed by atoms with Crippen molar-refractivity contribution in [2.75, 3.05) is 6.61 Å². The number of nitrogens with two attached hydrogens (primary N) is 1. The van der Waals surface area contributed by atoms with E-state index in [0.717, 1.165) is 134 Å². The third-order valence-corrected chi connectivity index (χ3v) is 18.9. The fraction of sp³-hybridized carbons (Fsp3) is 0.350. The molecule has 108 heavy (non-hydrogen) atoms. The fourth-order valence-electron chi connectivity index (χ4n) is 12.5. The summed E-state index contributed by atoms with van der Waals surface area (Å²) in [6, 6.07) is 31.2. The van der Waals surface area contributed by atoms with Crippen molar-refractivity contribution in [1.82, 2.24) is 99.8 Å². The minimum absolute atomic E-state index is 0. The van der Waals surface area contributed by atoms with Gasteiger partial charge in [-0.25, -0.2) is 39.5 Å². The number of aromatic amines is 3. The van der Waals surface area contributed by atoms with Gasteiger partial charge < -0.3 is 44.5 Å². The second-order valence-electron chi connectivity index (χ2n) is 30.7. The summed E-state index contributed by atoms with van der Waals surface area (Å²) in [5.41, 5.74) is 21.9. The summed E-state index contributed by atoms with van der Waals surface area (Å²) in [5.74, 6) is 2.69. The summed E-state index contributed by atoms with van der Waals surface area (Å²) in [7, 11) is 5.64. The molecule has 28 nitrogen and oxygen atoms in total. The summed E-state index contributed by atoms with van der Waals surface area (Å²) in [4.78, 5) is 82.1. The van der Waals surface area contributed by atoms with E-state index in [0.29, 0.717) is 41.8 Å². The number of Topliss-reactive ketones (excluding diaryl/α,β-unsaturated/α-hetero) is 1. The maximum Gasteiger partial charge on any atom is 0.408 e. The third kappa shape index (κ3) is 16.1. The monoisotopic (exact) mass is 1460 g/mol. The Morgan fingerprint density at radius 3 is 1.24 bits per heavy atom. The van der Waals surface area contributed by atoms with E-state index in [1.807, 2.05) is 120 Å². The maximum absolute atomic E-state index is 13.0. The average molecular weight is 1460 g/mol. The van der Waals surface area contributed by atoms with Gasteiger partial charge in [0.1, 0.15) is 23.1 Å². The molecule has 3 aliphatic carbocycles. The van der Waals surface area contributed by atoms with Crippen molar-refractivity contribution in [1.29, 1.82) is 0 Å². The number of nitrogens with one attached hydrogen (secondary N) is 4. The summed E-state index contributed by atoms with van der Waals surface area (Å²) in [6.07, 6.45) is 22.3. The quantitative estimate of drug-likeness (QED) is 0.0470. The van der Waals surface area contributed by atoms with Crippen LogP contribution < -0.4 is 11.1 Å². The van der Waals surface area contributed by atoms with Crippen LogP contribution in [0.15, 0.2) is 156 Å². The molecule has 556 valence electrons. The molecule has 6 N–H and O–H groups in total. The molecule has 28 heteroatoms. The van der Waals surface area contributed by atoms with Gasteiger partial charge in [0.05, 0.1) is 64.0 Å². The van der Waals surface area contributed by atoms with Gasteiger partial charge in [0.25, 0.3) is 5.82 Å². The second kappa shape index (κ2) is 28.9. The standard InChI is InChI=1S/C27H27N7O2.C24H26N6O2.C19H18N6.C9H14N2O3.CH4/c1-26(2,3)25-32-23(33-36-25)20(35)13-27(10-11-27)18-7-5-16(6-8-18)19-9-12-28-24-21(19)30-22(31-24)17-14-29-34(4)15-17;1-23(2,3)32-22(31)29-24(10-11-24)17-7-5-15(6-8-17)18-9-12-25-21-19(18)27-20(28-21)16-13-26-30(4)14-16;1-25-11-13(10-22-25)17-23-16-15(6-9-21-18(16)24-17)12-2-4-14(5-3-12)19(20)7-8-19;1-5-13-7(12)6-10-8(14-11-6)9(2,3)4;/h5-9,12,14-15H,10-11,13H2,1-4H3,(H,28,30,31);5-9,12-14H,10-11H2,1-4H3,(H,29,31)(H,25,27,28);2-6,9-11H,7-8,20H2,1H3,(H,21,23,24);5H2,1-4H3;1H4. The SMILES string of the molecule is C.CCOC(=O)c1noc(C(C)(C)C)n1.Cn1cc(-c2nc3nccc(-c4ccc(C5(CC(=O)c6noc(C(C)(C)C)n6)CC5)cc4)c3[nH]2)cn1.Cn1cc(-c2nc3nccc(-c4ccc(C5(N)CC5)cc4)c3[nH]2)cn1.Cn1cc(-c2nc3nccc(-c4ccc(C5(NC(=O)OC(C)(C)C)CC5)cc4)c3[nH]2)cn1. The maximum atomic E-state index is 13.0. The summed E-state index contributed by atoms with van der Waals surface area (Å²) >= 11 is 0. The fourth-order valence-corrected chi connectivity index (χ4v) is 12.5. The number of pyridine rings is 3. The van der Waals surface area contributed by atoms with Crippen molar-refractivity contribution in [3.63, 3.8) is 0 Å². The largest absolute Gasteiger partial charge is 0.460 e. The molecule has 3 fully saturated rings. The van der Waals surface area contributed by atoms with E-state index in [4.69, 9.17) is 24.3 Å². The zero-order valence-corrected chi connectivity index (χ0v) is 62.1. The molecule has 1 amide bonds. The number of fused-ring (bicyclic) bond motifs is 3. The molecule has 0 radical (unpaired) electrons. The normalized spacial score (nSPS) is 14.5. The molecule has 0 atom stereocenters. The topological polar surface area (TPSA) is 364 Å². The first kappa shape index (κ1) is 74.1. The average Bonchev–Trinajstić information content (AvgIpc) is 1.61. The molecule has 0 unspecified atom stereocenters. The molecule has 14 aromatic rings. The van der Waals surface area contributed by atoms with Crippen LogP contribution in [0.3, 0.4) is 0 Å². The molecule has 0 bridgehead atoms. The molecule has 0 saturated heterocycles. The van der Waals surface area contributed by atoms with E-state index in [1.54, 1.807) is 58.2 Å². The van der Waals surface area contributed by atoms with Crippen molar-refractivity contribution in [3.05, 3.63) is 187 Å². The lowest BCUT2D eigenvalue weighted by atomic mass is 9.89. The minimum Gasteiger partial charge on any atom is -0.460 e. The molecule has 17 rings (SSSR count). The van der Waals surface area contributed by atoms with Gasteiger partial charge in [-0.2, -0.15) is 25.3 Å². The predicted octanol–water partition coefficient (Wildman–Crippen LogP) is 14.7. The number of H-pyrrole nitrogens is 3. The lowest BCUT2D eigenvalue weighted by Crippen LogP contribution is -2.39. The van der Waals surface area contributed by atoms with Gasteiger partial charge in [-0.15, -0.1) is 0 Å². The van der Waals surface area contributed by atoms with Gasteiger partial charge in [0.2, 0.25) is 23.4 Å². The van der Waals surface area contributed by atoms with Gasteiger partial charge in [0.15, 0.2) is 16.9 Å². The number of ketones is 1. The smallest absolute Gasteiger partial charge is 0.408 e. The molecule has 11 heterocycles. The number of imidazole rings is 3. The number of ether oxygens (including phenoxy) is 2. The van der Waals surface area contributed by atoms with Crippen molar-refractivity contribution in [3.8, 4) is 67.5 Å². The van der Waals surface area contributed by atoms with Crippen LogP contribution in [0.1, 0.15) is 171 Å². The van der Waals surface area contributed by atoms with Crippen LogP contribution in [0.2, 0.25) is 0 Å².